The van der Waals surface area contributed by atoms with Gasteiger partial charge in [-0.25, -0.2) is 0 Å². The molecule has 2 N–H and O–H groups in total. The summed E-state index contributed by atoms with van der Waals surface area (Å²) in [6.45, 7) is 4.49. The molecular weight excluding hydrogens is 324 g/mol. The van der Waals surface area contributed by atoms with Gasteiger partial charge in [-0.2, -0.15) is 0 Å². The molecule has 2 unspecified atom stereocenters. The quantitative estimate of drug-likeness (QED) is 0.530. The van der Waals surface area contributed by atoms with Crippen molar-refractivity contribution in [2.24, 2.45) is 0 Å². The predicted octanol–water partition coefficient (Wildman–Crippen LogP) is 4.35. The van der Waals surface area contributed by atoms with Gasteiger partial charge in [-0.05, 0) is 40.8 Å². The Balaban J connectivity index is 1.76. The first kappa shape index (κ1) is 17.3. The van der Waals surface area contributed by atoms with Gasteiger partial charge >= 0.3 is 0 Å². The number of nitrogens with zero attached hydrogens (tertiary/aromatic N) is 1. The van der Waals surface area contributed by atoms with E-state index in [1.165, 1.54) is 15.8 Å². The molecule has 0 aliphatic carbocycles. The predicted molar refractivity (Wildman–Crippen MR) is 107 cm³/mol. The third-order valence-corrected chi connectivity index (χ3v) is 5.25. The smallest absolute Gasteiger partial charge is 0.0927 e. The molecule has 0 aromatic heterocycles. The van der Waals surface area contributed by atoms with Gasteiger partial charge in [-0.3, -0.25) is 10.3 Å². The van der Waals surface area contributed by atoms with Crippen molar-refractivity contribution in [3.8, 4) is 0 Å². The minimum atomic E-state index is -0.0649. The molecule has 0 saturated carbocycles. The summed E-state index contributed by atoms with van der Waals surface area (Å²) in [5.74, 6) is 0. The van der Waals surface area contributed by atoms with Crippen molar-refractivity contribution >= 4 is 27.2 Å². The molecule has 0 spiro atoms. The van der Waals surface area contributed by atoms with Crippen molar-refractivity contribution in [3.05, 3.63) is 54.6 Å². The third kappa shape index (κ3) is 3.28. The summed E-state index contributed by atoms with van der Waals surface area (Å²) in [7, 11) is 0. The molecule has 0 bridgehead atoms. The zero-order valence-corrected chi connectivity index (χ0v) is 15.2. The Bertz CT molecular complexity index is 890. The molecule has 2 atom stereocenters. The average molecular weight is 350 g/mol. The van der Waals surface area contributed by atoms with E-state index in [1.807, 2.05) is 12.1 Å². The number of nitrogens with one attached hydrogen (secondary N) is 1. The number of morpholine rings is 1. The lowest BCUT2D eigenvalue weighted by atomic mass is 9.99. The maximum atomic E-state index is 11.2. The molecule has 1 heterocycles. The molecule has 1 aliphatic rings. The Morgan fingerprint density at radius 3 is 2.62 bits per heavy atom. The van der Waals surface area contributed by atoms with Gasteiger partial charge in [-0.1, -0.05) is 49.7 Å². The molecule has 4 nitrogen and oxygen atoms in total. The van der Waals surface area contributed by atoms with Gasteiger partial charge in [0.25, 0.3) is 0 Å². The molecule has 0 amide bonds. The lowest BCUT2D eigenvalue weighted by Gasteiger charge is -2.36. The number of hydrogen-bond acceptors (Lipinski definition) is 4. The van der Waals surface area contributed by atoms with Crippen molar-refractivity contribution < 1.29 is 9.94 Å². The molecule has 136 valence electrons. The van der Waals surface area contributed by atoms with Crippen molar-refractivity contribution in [1.29, 1.82) is 0 Å². The molecule has 4 heteroatoms. The van der Waals surface area contributed by atoms with Crippen molar-refractivity contribution in [1.82, 2.24) is 5.32 Å². The molecule has 26 heavy (non-hydrogen) atoms. The summed E-state index contributed by atoms with van der Waals surface area (Å²) < 4.78 is 5.95. The van der Waals surface area contributed by atoms with Crippen LogP contribution in [0.5, 0.6) is 0 Å². The average Bonchev–Trinajstić information content (AvgIpc) is 2.70. The van der Waals surface area contributed by atoms with Gasteiger partial charge in [0, 0.05) is 18.5 Å². The van der Waals surface area contributed by atoms with Crippen LogP contribution in [-0.2, 0) is 4.74 Å². The van der Waals surface area contributed by atoms with Gasteiger partial charge in [0.2, 0.25) is 0 Å². The van der Waals surface area contributed by atoms with Crippen molar-refractivity contribution in [2.75, 3.05) is 24.8 Å². The summed E-state index contributed by atoms with van der Waals surface area (Å²) in [4.78, 5) is 0. The van der Waals surface area contributed by atoms with Crippen LogP contribution >= 0.6 is 0 Å². The molecule has 3 aromatic carbocycles. The maximum Gasteiger partial charge on any atom is 0.0927 e. The lowest BCUT2D eigenvalue weighted by Crippen LogP contribution is -2.51. The maximum absolute atomic E-state index is 11.2. The van der Waals surface area contributed by atoms with E-state index in [2.05, 4.69) is 54.7 Å². The monoisotopic (exact) mass is 350 g/mol. The van der Waals surface area contributed by atoms with E-state index in [0.29, 0.717) is 6.61 Å². The van der Waals surface area contributed by atoms with Crippen LogP contribution in [0.3, 0.4) is 0 Å². The minimum Gasteiger partial charge on any atom is -0.373 e. The van der Waals surface area contributed by atoms with Crippen LogP contribution in [0, 0.1) is 0 Å². The summed E-state index contributed by atoms with van der Waals surface area (Å²) in [6, 6.07) is 18.8. The van der Waals surface area contributed by atoms with E-state index < -0.39 is 0 Å². The molecular formula is C22H26N2O2. The van der Waals surface area contributed by atoms with Crippen LogP contribution < -0.4 is 10.4 Å². The fourth-order valence-electron chi connectivity index (χ4n) is 3.92. The largest absolute Gasteiger partial charge is 0.373 e. The fourth-order valence-corrected chi connectivity index (χ4v) is 3.92. The summed E-state index contributed by atoms with van der Waals surface area (Å²) in [5.41, 5.74) is 0.848. The zero-order valence-electron chi connectivity index (χ0n) is 15.2. The first-order valence-corrected chi connectivity index (χ1v) is 9.50. The number of benzene rings is 3. The number of rotatable bonds is 5. The van der Waals surface area contributed by atoms with Gasteiger partial charge in [0.05, 0.1) is 24.4 Å². The Labute approximate surface area is 154 Å². The van der Waals surface area contributed by atoms with E-state index in [-0.39, 0.29) is 12.1 Å². The highest BCUT2D eigenvalue weighted by Crippen LogP contribution is 2.32. The molecule has 3 aromatic rings. The Morgan fingerprint density at radius 1 is 1.12 bits per heavy atom. The Hall–Kier alpha value is -2.14. The lowest BCUT2D eigenvalue weighted by molar-refractivity contribution is -0.00954. The summed E-state index contributed by atoms with van der Waals surface area (Å²) in [5, 5.41) is 20.6. The van der Waals surface area contributed by atoms with E-state index in [4.69, 9.17) is 4.74 Å². The Kier molecular flexibility index (Phi) is 5.07. The molecule has 4 rings (SSSR count). The topological polar surface area (TPSA) is 44.7 Å². The number of fused-ring (bicyclic) bond motifs is 2. The van der Waals surface area contributed by atoms with Gasteiger partial charge in [0.1, 0.15) is 0 Å². The zero-order chi connectivity index (χ0) is 17.9. The third-order valence-electron chi connectivity index (χ3n) is 5.25. The second kappa shape index (κ2) is 7.62. The second-order valence-corrected chi connectivity index (χ2v) is 7.01. The highest BCUT2D eigenvalue weighted by atomic mass is 16.5. The number of hydroxylamine groups is 1. The summed E-state index contributed by atoms with van der Waals surface area (Å²) >= 11 is 0. The van der Waals surface area contributed by atoms with Crippen LogP contribution in [0.1, 0.15) is 19.8 Å². The highest BCUT2D eigenvalue weighted by molar-refractivity contribution is 6.03. The normalized spacial score (nSPS) is 18.9. The van der Waals surface area contributed by atoms with Crippen molar-refractivity contribution in [2.45, 2.75) is 31.9 Å². The van der Waals surface area contributed by atoms with Crippen molar-refractivity contribution in [3.63, 3.8) is 0 Å². The van der Waals surface area contributed by atoms with Crippen LogP contribution in [-0.4, -0.2) is 37.0 Å². The van der Waals surface area contributed by atoms with Crippen LogP contribution in [0.25, 0.3) is 21.5 Å². The fraction of sp³-hybridized carbons (Fsp3) is 0.364. The Morgan fingerprint density at radius 2 is 1.88 bits per heavy atom. The van der Waals surface area contributed by atoms with E-state index in [1.54, 1.807) is 0 Å². The molecule has 1 saturated heterocycles. The van der Waals surface area contributed by atoms with E-state index in [9.17, 15) is 5.21 Å². The van der Waals surface area contributed by atoms with E-state index >= 15 is 0 Å². The standard InChI is InChI=1S/C22H26N2O2/c1-2-6-21(22-15-23-11-12-26-22)24(25)20-10-5-9-18-13-16-7-3-4-8-17(16)14-19(18)20/h3-5,7-10,13-14,21-23,25H,2,6,11-12,15H2,1H3. The van der Waals surface area contributed by atoms with Crippen LogP contribution in [0.2, 0.25) is 0 Å². The van der Waals surface area contributed by atoms with Gasteiger partial charge in [0.15, 0.2) is 0 Å². The first-order valence-electron chi connectivity index (χ1n) is 9.50. The van der Waals surface area contributed by atoms with E-state index in [0.717, 1.165) is 42.4 Å². The number of anilines is 1. The van der Waals surface area contributed by atoms with Crippen LogP contribution in [0.4, 0.5) is 5.69 Å². The SMILES string of the molecule is CCCC(C1CNCCO1)N(O)c1cccc2cc3ccccc3cc12. The number of hydrogen-bond donors (Lipinski definition) is 2. The van der Waals surface area contributed by atoms with Crippen LogP contribution in [0.15, 0.2) is 54.6 Å². The highest BCUT2D eigenvalue weighted by Gasteiger charge is 2.29. The number of ether oxygens (including phenoxy) is 1. The molecule has 0 radical (unpaired) electrons. The van der Waals surface area contributed by atoms with Gasteiger partial charge < -0.3 is 10.1 Å². The second-order valence-electron chi connectivity index (χ2n) is 7.01. The molecule has 1 fully saturated rings. The van der Waals surface area contributed by atoms with Gasteiger partial charge in [-0.15, -0.1) is 0 Å². The summed E-state index contributed by atoms with van der Waals surface area (Å²) in [6.07, 6.45) is 1.87. The molecule has 1 aliphatic heterocycles. The first-order chi connectivity index (χ1) is 12.8. The minimum absolute atomic E-state index is 0.00980.